The minimum absolute atomic E-state index is 0. The number of aliphatic imine (C=N–C) groups is 1. The van der Waals surface area contributed by atoms with Gasteiger partial charge in [-0.25, -0.2) is 8.78 Å². The van der Waals surface area contributed by atoms with E-state index in [0.717, 1.165) is 37.7 Å². The number of rotatable bonds is 11. The van der Waals surface area contributed by atoms with Gasteiger partial charge in [-0.05, 0) is 49.3 Å². The molecule has 2 rings (SSSR count). The van der Waals surface area contributed by atoms with Crippen molar-refractivity contribution >= 4 is 29.9 Å². The van der Waals surface area contributed by atoms with Crippen LogP contribution in [0, 0.1) is 5.41 Å². The van der Waals surface area contributed by atoms with E-state index in [2.05, 4.69) is 15.6 Å². The first kappa shape index (κ1) is 25.9. The summed E-state index contributed by atoms with van der Waals surface area (Å²) in [5.74, 6) is 1.19. The van der Waals surface area contributed by atoms with E-state index in [-0.39, 0.29) is 29.4 Å². The maximum atomic E-state index is 12.3. The van der Waals surface area contributed by atoms with E-state index in [9.17, 15) is 8.78 Å². The van der Waals surface area contributed by atoms with Gasteiger partial charge in [-0.1, -0.05) is 25.0 Å². The topological polar surface area (TPSA) is 54.9 Å². The fraction of sp³-hybridized carbons (Fsp3) is 0.667. The van der Waals surface area contributed by atoms with Gasteiger partial charge in [-0.15, -0.1) is 24.0 Å². The van der Waals surface area contributed by atoms with Gasteiger partial charge in [-0.3, -0.25) is 4.99 Å². The van der Waals surface area contributed by atoms with Gasteiger partial charge >= 0.3 is 0 Å². The Labute approximate surface area is 190 Å². The molecule has 0 atom stereocenters. The smallest absolute Gasteiger partial charge is 0.272 e. The highest BCUT2D eigenvalue weighted by Gasteiger charge is 2.33. The van der Waals surface area contributed by atoms with Crippen LogP contribution in [0.15, 0.2) is 29.3 Å². The molecule has 1 fully saturated rings. The summed E-state index contributed by atoms with van der Waals surface area (Å²) in [4.78, 5) is 4.31. The summed E-state index contributed by atoms with van der Waals surface area (Å²) in [7, 11) is 1.75. The van der Waals surface area contributed by atoms with Crippen LogP contribution in [0.3, 0.4) is 0 Å². The highest BCUT2D eigenvalue weighted by Crippen LogP contribution is 2.40. The molecule has 0 radical (unpaired) electrons. The lowest BCUT2D eigenvalue weighted by atomic mass is 9.83. The van der Waals surface area contributed by atoms with E-state index in [1.807, 2.05) is 13.0 Å². The zero-order valence-corrected chi connectivity index (χ0v) is 19.7. The molecule has 5 nitrogen and oxygen atoms in total. The molecule has 1 aromatic carbocycles. The zero-order valence-electron chi connectivity index (χ0n) is 17.4. The van der Waals surface area contributed by atoms with Crippen molar-refractivity contribution in [3.8, 4) is 5.75 Å². The van der Waals surface area contributed by atoms with Crippen LogP contribution in [0.25, 0.3) is 0 Å². The molecule has 0 aromatic heterocycles. The molecule has 0 saturated heterocycles. The second-order valence-corrected chi connectivity index (χ2v) is 7.28. The Balaban J connectivity index is 0.00000420. The van der Waals surface area contributed by atoms with Crippen LogP contribution >= 0.6 is 24.0 Å². The van der Waals surface area contributed by atoms with E-state index in [1.165, 1.54) is 25.7 Å². The van der Waals surface area contributed by atoms with Crippen molar-refractivity contribution < 1.29 is 18.3 Å². The van der Waals surface area contributed by atoms with Gasteiger partial charge in [0, 0.05) is 33.4 Å². The highest BCUT2D eigenvalue weighted by molar-refractivity contribution is 14.0. The van der Waals surface area contributed by atoms with Crippen LogP contribution in [-0.2, 0) is 11.3 Å². The highest BCUT2D eigenvalue weighted by atomic mass is 127. The average Bonchev–Trinajstić information content (AvgIpc) is 3.16. The fourth-order valence-corrected chi connectivity index (χ4v) is 3.66. The summed E-state index contributed by atoms with van der Waals surface area (Å²) in [5.41, 5.74) is 1.22. The lowest BCUT2D eigenvalue weighted by Crippen LogP contribution is -2.43. The first-order valence-electron chi connectivity index (χ1n) is 10.1. The van der Waals surface area contributed by atoms with Crippen LogP contribution in [-0.4, -0.2) is 45.8 Å². The molecule has 2 N–H and O–H groups in total. The average molecular weight is 525 g/mol. The summed E-state index contributed by atoms with van der Waals surface area (Å²) in [6, 6.07) is 7.18. The van der Waals surface area contributed by atoms with Crippen LogP contribution < -0.4 is 15.4 Å². The second kappa shape index (κ2) is 14.0. The Morgan fingerprint density at radius 3 is 2.66 bits per heavy atom. The number of hydrogen-bond donors (Lipinski definition) is 2. The molecule has 8 heteroatoms. The number of guanidine groups is 1. The molecule has 29 heavy (non-hydrogen) atoms. The predicted octanol–water partition coefficient (Wildman–Crippen LogP) is 4.60. The maximum absolute atomic E-state index is 12.3. The molecule has 0 amide bonds. The maximum Gasteiger partial charge on any atom is 0.272 e. The summed E-state index contributed by atoms with van der Waals surface area (Å²) in [5, 5.41) is 6.75. The number of alkyl halides is 2. The summed E-state index contributed by atoms with van der Waals surface area (Å²) < 4.78 is 35.2. The Morgan fingerprint density at radius 2 is 2.00 bits per heavy atom. The fourth-order valence-electron chi connectivity index (χ4n) is 3.66. The number of hydrogen-bond acceptors (Lipinski definition) is 3. The Morgan fingerprint density at radius 1 is 1.24 bits per heavy atom. The number of nitrogens with zero attached hydrogens (tertiary/aromatic N) is 1. The molecule has 1 aliphatic rings. The van der Waals surface area contributed by atoms with Crippen molar-refractivity contribution in [2.45, 2.75) is 52.0 Å². The van der Waals surface area contributed by atoms with Gasteiger partial charge in [0.1, 0.15) is 12.4 Å². The Hall–Kier alpha value is -1.16. The van der Waals surface area contributed by atoms with Crippen molar-refractivity contribution in [3.63, 3.8) is 0 Å². The summed E-state index contributed by atoms with van der Waals surface area (Å²) in [6.07, 6.45) is 3.56. The largest absolute Gasteiger partial charge is 0.488 e. The van der Waals surface area contributed by atoms with E-state index >= 15 is 0 Å². The molecule has 166 valence electrons. The summed E-state index contributed by atoms with van der Waals surface area (Å²) >= 11 is 0. The molecule has 1 aromatic rings. The third-order valence-corrected chi connectivity index (χ3v) is 5.23. The Bertz CT molecular complexity index is 611. The van der Waals surface area contributed by atoms with Gasteiger partial charge in [0.25, 0.3) is 6.43 Å². The molecule has 0 aliphatic heterocycles. The molecule has 0 heterocycles. The summed E-state index contributed by atoms with van der Waals surface area (Å²) in [6.45, 7) is 4.40. The predicted molar refractivity (Wildman–Crippen MR) is 124 cm³/mol. The lowest BCUT2D eigenvalue weighted by Gasteiger charge is -2.30. The lowest BCUT2D eigenvalue weighted by molar-refractivity contribution is 0.0818. The van der Waals surface area contributed by atoms with Crippen LogP contribution in [0.5, 0.6) is 5.75 Å². The van der Waals surface area contributed by atoms with Crippen molar-refractivity contribution in [3.05, 3.63) is 29.8 Å². The quantitative estimate of drug-likeness (QED) is 0.192. The number of halogens is 3. The first-order chi connectivity index (χ1) is 13.6. The molecular formula is C21H34F2IN3O2. The van der Waals surface area contributed by atoms with Crippen molar-refractivity contribution in [1.29, 1.82) is 0 Å². The number of benzene rings is 1. The molecule has 0 unspecified atom stereocenters. The van der Waals surface area contributed by atoms with Gasteiger partial charge in [0.05, 0.1) is 0 Å². The molecule has 0 spiro atoms. The van der Waals surface area contributed by atoms with Gasteiger partial charge in [0.2, 0.25) is 0 Å². The standard InChI is InChI=1S/C21H33F2N3O2.HI/c1-3-27-12-11-21(9-4-5-10-21)16-26-20(24-2)25-14-17-7-6-8-18(13-17)28-15-19(22)23;/h6-8,13,19H,3-5,9-12,14-16H2,1-2H3,(H2,24,25,26);1H. The molecular weight excluding hydrogens is 491 g/mol. The van der Waals surface area contributed by atoms with E-state index in [1.54, 1.807) is 25.2 Å². The van der Waals surface area contributed by atoms with Crippen molar-refractivity contribution in [2.24, 2.45) is 10.4 Å². The first-order valence-corrected chi connectivity index (χ1v) is 10.1. The van der Waals surface area contributed by atoms with Gasteiger partial charge < -0.3 is 20.1 Å². The van der Waals surface area contributed by atoms with E-state index in [4.69, 9.17) is 9.47 Å². The minimum Gasteiger partial charge on any atom is -0.488 e. The van der Waals surface area contributed by atoms with Gasteiger partial charge in [-0.2, -0.15) is 0 Å². The molecule has 0 bridgehead atoms. The van der Waals surface area contributed by atoms with Gasteiger partial charge in [0.15, 0.2) is 5.96 Å². The Kier molecular flexibility index (Phi) is 12.4. The normalized spacial score (nSPS) is 15.8. The molecule has 1 aliphatic carbocycles. The van der Waals surface area contributed by atoms with E-state index in [0.29, 0.717) is 12.3 Å². The minimum atomic E-state index is -2.48. The van der Waals surface area contributed by atoms with Crippen LogP contribution in [0.1, 0.15) is 44.6 Å². The van der Waals surface area contributed by atoms with Crippen LogP contribution in [0.4, 0.5) is 8.78 Å². The number of nitrogens with one attached hydrogen (secondary N) is 2. The van der Waals surface area contributed by atoms with E-state index < -0.39 is 13.0 Å². The SMILES string of the molecule is CCOCCC1(CNC(=NC)NCc2cccc(OCC(F)F)c2)CCCC1.I. The second-order valence-electron chi connectivity index (χ2n) is 7.28. The molecule has 1 saturated carbocycles. The monoisotopic (exact) mass is 525 g/mol. The van der Waals surface area contributed by atoms with Crippen LogP contribution in [0.2, 0.25) is 0 Å². The van der Waals surface area contributed by atoms with Crippen molar-refractivity contribution in [1.82, 2.24) is 10.6 Å². The van der Waals surface area contributed by atoms with Crippen molar-refractivity contribution in [2.75, 3.05) is 33.4 Å². The third kappa shape index (κ3) is 9.46. The number of ether oxygens (including phenoxy) is 2. The zero-order chi connectivity index (χ0) is 20.2. The third-order valence-electron chi connectivity index (χ3n) is 5.23.